The number of carbonyl (C=O) groups excluding carboxylic acids is 2. The molecule has 0 fully saturated rings. The third-order valence-corrected chi connectivity index (χ3v) is 5.53. The van der Waals surface area contributed by atoms with Crippen LogP contribution in [0.4, 0.5) is 0 Å². The van der Waals surface area contributed by atoms with Crippen LogP contribution in [-0.4, -0.2) is 48.8 Å². The molecule has 2 aromatic carbocycles. The number of rotatable bonds is 10. The van der Waals surface area contributed by atoms with Gasteiger partial charge in [-0.05, 0) is 36.1 Å². The van der Waals surface area contributed by atoms with Crippen LogP contribution in [0.3, 0.4) is 0 Å². The zero-order valence-electron chi connectivity index (χ0n) is 19.8. The van der Waals surface area contributed by atoms with Crippen LogP contribution >= 0.6 is 0 Å². The van der Waals surface area contributed by atoms with Gasteiger partial charge < -0.3 is 20.1 Å². The summed E-state index contributed by atoms with van der Waals surface area (Å²) in [7, 11) is 3.15. The van der Waals surface area contributed by atoms with E-state index in [0.29, 0.717) is 40.9 Å². The minimum Gasteiger partial charge on any atom is -0.493 e. The van der Waals surface area contributed by atoms with Gasteiger partial charge in [-0.25, -0.2) is 5.10 Å². The van der Waals surface area contributed by atoms with E-state index in [0.717, 1.165) is 5.56 Å². The summed E-state index contributed by atoms with van der Waals surface area (Å²) in [6, 6.07) is 11.9. The lowest BCUT2D eigenvalue weighted by Gasteiger charge is -2.22. The maximum absolute atomic E-state index is 12.8. The molecule has 0 aliphatic rings. The van der Waals surface area contributed by atoms with Gasteiger partial charge in [0.25, 0.3) is 5.56 Å². The van der Waals surface area contributed by atoms with Gasteiger partial charge in [-0.15, -0.1) is 0 Å². The lowest BCUT2D eigenvalue weighted by atomic mass is 10.0. The number of nitrogens with one attached hydrogen (secondary N) is 3. The van der Waals surface area contributed by atoms with E-state index in [2.05, 4.69) is 20.8 Å². The number of fused-ring (bicyclic) bond motifs is 1. The third-order valence-electron chi connectivity index (χ3n) is 5.53. The van der Waals surface area contributed by atoms with Crippen LogP contribution in [0.15, 0.2) is 47.3 Å². The van der Waals surface area contributed by atoms with E-state index < -0.39 is 6.04 Å². The molecule has 9 heteroatoms. The van der Waals surface area contributed by atoms with Gasteiger partial charge in [0, 0.05) is 11.9 Å². The second kappa shape index (κ2) is 11.3. The normalized spacial score (nSPS) is 11.8. The Morgan fingerprint density at radius 3 is 2.41 bits per heavy atom. The van der Waals surface area contributed by atoms with E-state index in [1.54, 1.807) is 38.5 Å². The van der Waals surface area contributed by atoms with Gasteiger partial charge in [0.2, 0.25) is 11.8 Å². The Morgan fingerprint density at radius 1 is 1.03 bits per heavy atom. The molecule has 0 radical (unpaired) electrons. The Labute approximate surface area is 197 Å². The molecular formula is C25H30N4O5. The van der Waals surface area contributed by atoms with E-state index in [9.17, 15) is 14.4 Å². The number of hydrogen-bond donors (Lipinski definition) is 3. The Hall–Kier alpha value is -3.88. The van der Waals surface area contributed by atoms with Crippen molar-refractivity contribution in [3.8, 4) is 11.5 Å². The van der Waals surface area contributed by atoms with Gasteiger partial charge in [-0.3, -0.25) is 14.4 Å². The molecule has 0 saturated heterocycles. The van der Waals surface area contributed by atoms with Crippen LogP contribution in [-0.2, 0) is 22.4 Å². The average Bonchev–Trinajstić information content (AvgIpc) is 2.84. The van der Waals surface area contributed by atoms with E-state index in [-0.39, 0.29) is 29.7 Å². The molecule has 34 heavy (non-hydrogen) atoms. The van der Waals surface area contributed by atoms with Gasteiger partial charge in [-0.2, -0.15) is 5.10 Å². The van der Waals surface area contributed by atoms with E-state index in [1.807, 2.05) is 32.0 Å². The number of aromatic nitrogens is 2. The quantitative estimate of drug-likeness (QED) is 0.420. The molecule has 3 rings (SSSR count). The van der Waals surface area contributed by atoms with Crippen molar-refractivity contribution in [2.24, 2.45) is 5.92 Å². The lowest BCUT2D eigenvalue weighted by molar-refractivity contribution is -0.129. The Balaban J connectivity index is 1.60. The SMILES string of the molecule is COc1ccc(CCNC(=O)C(NC(=O)Cc2n[nH]c(=O)c3ccccc23)C(C)C)cc1OC. The number of amides is 2. The molecule has 3 aromatic rings. The second-order valence-corrected chi connectivity index (χ2v) is 8.24. The number of methoxy groups -OCH3 is 2. The molecule has 1 atom stereocenters. The predicted octanol–water partition coefficient (Wildman–Crippen LogP) is 1.98. The number of benzene rings is 2. The summed E-state index contributed by atoms with van der Waals surface area (Å²) >= 11 is 0. The first kappa shape index (κ1) is 24.8. The molecule has 1 heterocycles. The molecule has 3 N–H and O–H groups in total. The fourth-order valence-corrected chi connectivity index (χ4v) is 3.69. The average molecular weight is 467 g/mol. The number of hydrogen-bond acceptors (Lipinski definition) is 6. The monoisotopic (exact) mass is 466 g/mol. The predicted molar refractivity (Wildman–Crippen MR) is 129 cm³/mol. The van der Waals surface area contributed by atoms with Gasteiger partial charge in [0.05, 0.1) is 31.7 Å². The zero-order valence-corrected chi connectivity index (χ0v) is 19.8. The lowest BCUT2D eigenvalue weighted by Crippen LogP contribution is -2.50. The standard InChI is InChI=1S/C25H30N4O5/c1-15(2)23(25(32)26-12-11-16-9-10-20(33-3)21(13-16)34-4)27-22(30)14-19-17-7-5-6-8-18(17)24(31)29-28-19/h5-10,13,15,23H,11-12,14H2,1-4H3,(H,26,32)(H,27,30)(H,29,31). The topological polar surface area (TPSA) is 122 Å². The Bertz CT molecular complexity index is 1220. The van der Waals surface area contributed by atoms with Crippen molar-refractivity contribution in [2.75, 3.05) is 20.8 Å². The van der Waals surface area contributed by atoms with Crippen LogP contribution in [0.1, 0.15) is 25.1 Å². The zero-order chi connectivity index (χ0) is 24.7. The van der Waals surface area contributed by atoms with E-state index in [1.165, 1.54) is 0 Å². The number of ether oxygens (including phenoxy) is 2. The highest BCUT2D eigenvalue weighted by Crippen LogP contribution is 2.27. The van der Waals surface area contributed by atoms with Gasteiger partial charge >= 0.3 is 0 Å². The molecule has 0 spiro atoms. The molecule has 0 aliphatic heterocycles. The maximum Gasteiger partial charge on any atom is 0.272 e. The van der Waals surface area contributed by atoms with Crippen molar-refractivity contribution < 1.29 is 19.1 Å². The van der Waals surface area contributed by atoms with Crippen molar-refractivity contribution in [2.45, 2.75) is 32.7 Å². The summed E-state index contributed by atoms with van der Waals surface area (Å²) in [5, 5.41) is 13.2. The Kier molecular flexibility index (Phi) is 8.24. The summed E-state index contributed by atoms with van der Waals surface area (Å²) in [4.78, 5) is 37.5. The fourth-order valence-electron chi connectivity index (χ4n) is 3.69. The number of carbonyl (C=O) groups is 2. The summed E-state index contributed by atoms with van der Waals surface area (Å²) < 4.78 is 10.6. The summed E-state index contributed by atoms with van der Waals surface area (Å²) in [6.45, 7) is 4.14. The van der Waals surface area contributed by atoms with E-state index >= 15 is 0 Å². The molecule has 2 amide bonds. The summed E-state index contributed by atoms with van der Waals surface area (Å²) in [5.41, 5.74) is 1.12. The van der Waals surface area contributed by atoms with Crippen molar-refractivity contribution in [1.29, 1.82) is 0 Å². The van der Waals surface area contributed by atoms with Gasteiger partial charge in [0.15, 0.2) is 11.5 Å². The molecule has 1 aromatic heterocycles. The van der Waals surface area contributed by atoms with Gasteiger partial charge in [0.1, 0.15) is 6.04 Å². The number of aromatic amines is 1. The maximum atomic E-state index is 12.8. The number of H-pyrrole nitrogens is 1. The summed E-state index contributed by atoms with van der Waals surface area (Å²) in [6.07, 6.45) is 0.539. The van der Waals surface area contributed by atoms with E-state index in [4.69, 9.17) is 9.47 Å². The van der Waals surface area contributed by atoms with Crippen molar-refractivity contribution in [1.82, 2.24) is 20.8 Å². The molecule has 0 bridgehead atoms. The molecule has 9 nitrogen and oxygen atoms in total. The minimum atomic E-state index is -0.702. The van der Waals surface area contributed by atoms with Crippen LogP contribution in [0, 0.1) is 5.92 Å². The molecule has 180 valence electrons. The Morgan fingerprint density at radius 2 is 1.74 bits per heavy atom. The first-order chi connectivity index (χ1) is 16.3. The van der Waals surface area contributed by atoms with Crippen LogP contribution in [0.25, 0.3) is 10.8 Å². The van der Waals surface area contributed by atoms with Crippen molar-refractivity contribution in [3.05, 3.63) is 64.1 Å². The van der Waals surface area contributed by atoms with Gasteiger partial charge in [-0.1, -0.05) is 38.1 Å². The molecule has 0 saturated carbocycles. The third kappa shape index (κ3) is 5.92. The highest BCUT2D eigenvalue weighted by Gasteiger charge is 2.24. The highest BCUT2D eigenvalue weighted by atomic mass is 16.5. The van der Waals surface area contributed by atoms with Crippen LogP contribution in [0.2, 0.25) is 0 Å². The highest BCUT2D eigenvalue weighted by molar-refractivity contribution is 5.91. The molecule has 1 unspecified atom stereocenters. The largest absolute Gasteiger partial charge is 0.493 e. The molecule has 0 aliphatic carbocycles. The second-order valence-electron chi connectivity index (χ2n) is 8.24. The minimum absolute atomic E-state index is 0.0561. The molecular weight excluding hydrogens is 436 g/mol. The van der Waals surface area contributed by atoms with Crippen LogP contribution in [0.5, 0.6) is 11.5 Å². The fraction of sp³-hybridized carbons (Fsp3) is 0.360. The first-order valence-corrected chi connectivity index (χ1v) is 11.1. The smallest absolute Gasteiger partial charge is 0.272 e. The van der Waals surface area contributed by atoms with Crippen LogP contribution < -0.4 is 25.7 Å². The number of nitrogens with zero attached hydrogens (tertiary/aromatic N) is 1. The first-order valence-electron chi connectivity index (χ1n) is 11.1. The van der Waals surface area contributed by atoms with Crippen molar-refractivity contribution in [3.63, 3.8) is 0 Å². The summed E-state index contributed by atoms with van der Waals surface area (Å²) in [5.74, 6) is 0.538. The van der Waals surface area contributed by atoms with Crippen molar-refractivity contribution >= 4 is 22.6 Å².